The molecule has 200 valence electrons. The average Bonchev–Trinajstić information content (AvgIpc) is 3.37. The van der Waals surface area contributed by atoms with Crippen LogP contribution in [0.2, 0.25) is 0 Å². The molecule has 5 aromatic rings. The summed E-state index contributed by atoms with van der Waals surface area (Å²) in [5.41, 5.74) is 8.47. The molecular weight excluding hydrogens is 511 g/mol. The maximum Gasteiger partial charge on any atom is 1.00 e. The standard InChI is InChI=1S/C32H32N4O3.Na.H/c1-5-6-11-29-28(31(37)36(22(4)33-29)25-17-12-20(2)21(3)18-25)19-23-13-15-24(16-14-23)26-9-7-8-10-27(26)30-34-32(38)39-35-30;;/h7-10,12-18H,5-6,11,19H2,1-4H3,(H,34,35,38);;/q;+1;-1. The van der Waals surface area contributed by atoms with Crippen molar-refractivity contribution in [3.05, 3.63) is 121 Å². The first-order valence-electron chi connectivity index (χ1n) is 13.3. The molecule has 7 nitrogen and oxygen atoms in total. The first kappa shape index (κ1) is 29.5. The van der Waals surface area contributed by atoms with E-state index in [1.54, 1.807) is 4.57 Å². The molecular formula is C32H33N4NaO3. The van der Waals surface area contributed by atoms with Crippen LogP contribution in [0.1, 0.15) is 55.0 Å². The van der Waals surface area contributed by atoms with Crippen LogP contribution in [-0.2, 0) is 12.8 Å². The first-order valence-corrected chi connectivity index (χ1v) is 13.3. The molecule has 40 heavy (non-hydrogen) atoms. The molecule has 0 saturated heterocycles. The van der Waals surface area contributed by atoms with Crippen LogP contribution in [0.5, 0.6) is 0 Å². The topological polar surface area (TPSA) is 93.8 Å². The van der Waals surface area contributed by atoms with Crippen LogP contribution in [-0.4, -0.2) is 19.7 Å². The Morgan fingerprint density at radius 1 is 0.925 bits per heavy atom. The van der Waals surface area contributed by atoms with Crippen molar-refractivity contribution in [2.45, 2.75) is 53.4 Å². The van der Waals surface area contributed by atoms with Crippen molar-refractivity contribution in [1.29, 1.82) is 0 Å². The molecule has 0 aliphatic heterocycles. The third-order valence-corrected chi connectivity index (χ3v) is 7.21. The van der Waals surface area contributed by atoms with Crippen LogP contribution in [0.15, 0.2) is 80.8 Å². The Balaban J connectivity index is 0.00000231. The minimum atomic E-state index is -0.591. The van der Waals surface area contributed by atoms with Crippen molar-refractivity contribution in [2.75, 3.05) is 0 Å². The molecule has 1 N–H and O–H groups in total. The van der Waals surface area contributed by atoms with Gasteiger partial charge in [0.2, 0.25) is 0 Å². The number of nitrogens with one attached hydrogen (secondary N) is 1. The number of aryl methyl sites for hydroxylation is 4. The van der Waals surface area contributed by atoms with Gasteiger partial charge in [0.25, 0.3) is 5.56 Å². The largest absolute Gasteiger partial charge is 1.00 e. The molecule has 0 spiro atoms. The number of benzene rings is 3. The van der Waals surface area contributed by atoms with Gasteiger partial charge in [-0.15, -0.1) is 0 Å². The molecule has 2 heterocycles. The summed E-state index contributed by atoms with van der Waals surface area (Å²) in [6, 6.07) is 21.9. The fraction of sp³-hybridized carbons (Fsp3) is 0.250. The summed E-state index contributed by atoms with van der Waals surface area (Å²) < 4.78 is 6.45. The van der Waals surface area contributed by atoms with Crippen LogP contribution in [0.4, 0.5) is 0 Å². The second-order valence-electron chi connectivity index (χ2n) is 9.96. The van der Waals surface area contributed by atoms with Gasteiger partial charge in [0.1, 0.15) is 5.82 Å². The minimum absolute atomic E-state index is 0. The van der Waals surface area contributed by atoms with Crippen LogP contribution < -0.4 is 40.9 Å². The Morgan fingerprint density at radius 3 is 2.30 bits per heavy atom. The number of aromatic nitrogens is 4. The van der Waals surface area contributed by atoms with E-state index in [9.17, 15) is 9.59 Å². The molecule has 0 bridgehead atoms. The number of unbranched alkanes of at least 4 members (excludes halogenated alkanes) is 1. The van der Waals surface area contributed by atoms with Gasteiger partial charge in [-0.25, -0.2) is 9.78 Å². The van der Waals surface area contributed by atoms with Crippen molar-refractivity contribution in [1.82, 2.24) is 19.7 Å². The molecule has 0 unspecified atom stereocenters. The Labute approximate surface area is 257 Å². The number of hydrogen-bond acceptors (Lipinski definition) is 5. The number of hydrogen-bond donors (Lipinski definition) is 1. The van der Waals surface area contributed by atoms with Gasteiger partial charge in [-0.2, -0.15) is 0 Å². The second kappa shape index (κ2) is 12.8. The monoisotopic (exact) mass is 544 g/mol. The molecule has 8 heteroatoms. The number of H-pyrrole nitrogens is 1. The molecule has 0 aliphatic carbocycles. The SMILES string of the molecule is CCCCc1nc(C)n(-c2ccc(C)c(C)c2)c(=O)c1Cc1ccc(-c2ccccc2-c2noc(=O)[nH]2)cc1.[H-].[Na+]. The Bertz CT molecular complexity index is 1760. The van der Waals surface area contributed by atoms with Crippen LogP contribution >= 0.6 is 0 Å². The molecule has 0 fully saturated rings. The Kier molecular flexibility index (Phi) is 9.40. The van der Waals surface area contributed by atoms with E-state index in [0.29, 0.717) is 18.1 Å². The smallest absolute Gasteiger partial charge is 1.00 e. The summed E-state index contributed by atoms with van der Waals surface area (Å²) in [6.45, 7) is 8.18. The molecule has 0 aliphatic rings. The van der Waals surface area contributed by atoms with Gasteiger partial charge in [-0.3, -0.25) is 18.9 Å². The maximum atomic E-state index is 13.9. The molecule has 0 radical (unpaired) electrons. The van der Waals surface area contributed by atoms with E-state index in [1.165, 1.54) is 5.56 Å². The van der Waals surface area contributed by atoms with Gasteiger partial charge in [0, 0.05) is 17.5 Å². The van der Waals surface area contributed by atoms with Gasteiger partial charge in [0.15, 0.2) is 5.82 Å². The number of rotatable bonds is 8. The summed E-state index contributed by atoms with van der Waals surface area (Å²) in [7, 11) is 0. The van der Waals surface area contributed by atoms with Crippen LogP contribution in [0.3, 0.4) is 0 Å². The third-order valence-electron chi connectivity index (χ3n) is 7.21. The van der Waals surface area contributed by atoms with Crippen molar-refractivity contribution in [3.8, 4) is 28.2 Å². The van der Waals surface area contributed by atoms with Crippen molar-refractivity contribution >= 4 is 0 Å². The Morgan fingerprint density at radius 2 is 1.65 bits per heavy atom. The molecule has 0 atom stereocenters. The van der Waals surface area contributed by atoms with Crippen molar-refractivity contribution in [3.63, 3.8) is 0 Å². The molecule has 0 amide bonds. The van der Waals surface area contributed by atoms with Crippen LogP contribution in [0.25, 0.3) is 28.2 Å². The fourth-order valence-electron chi connectivity index (χ4n) is 4.91. The molecule has 0 saturated carbocycles. The quantitative estimate of drug-likeness (QED) is 0.303. The molecule has 3 aromatic carbocycles. The first-order chi connectivity index (χ1) is 18.9. The van der Waals surface area contributed by atoms with Crippen molar-refractivity contribution < 1.29 is 35.5 Å². The zero-order valence-corrected chi connectivity index (χ0v) is 25.7. The number of nitrogens with zero attached hydrogens (tertiary/aromatic N) is 3. The van der Waals surface area contributed by atoms with Gasteiger partial charge < -0.3 is 1.43 Å². The zero-order valence-electron chi connectivity index (χ0n) is 24.7. The maximum absolute atomic E-state index is 13.9. The van der Waals surface area contributed by atoms with Gasteiger partial charge in [-0.1, -0.05) is 73.1 Å². The van der Waals surface area contributed by atoms with E-state index in [-0.39, 0.29) is 36.5 Å². The fourth-order valence-corrected chi connectivity index (χ4v) is 4.91. The summed E-state index contributed by atoms with van der Waals surface area (Å²) in [4.78, 5) is 33.0. The van der Waals surface area contributed by atoms with Gasteiger partial charge in [0.05, 0.1) is 11.4 Å². The van der Waals surface area contributed by atoms with E-state index in [0.717, 1.165) is 64.0 Å². The Hall–Kier alpha value is -3.52. The van der Waals surface area contributed by atoms with E-state index < -0.39 is 5.76 Å². The second-order valence-corrected chi connectivity index (χ2v) is 9.96. The molecule has 5 rings (SSSR count). The zero-order chi connectivity index (χ0) is 27.5. The van der Waals surface area contributed by atoms with E-state index in [2.05, 4.69) is 37.0 Å². The average molecular weight is 545 g/mol. The summed E-state index contributed by atoms with van der Waals surface area (Å²) in [6.07, 6.45) is 3.28. The normalized spacial score (nSPS) is 10.9. The van der Waals surface area contributed by atoms with E-state index in [4.69, 9.17) is 9.51 Å². The van der Waals surface area contributed by atoms with Crippen LogP contribution in [0, 0.1) is 20.8 Å². The van der Waals surface area contributed by atoms with Crippen molar-refractivity contribution in [2.24, 2.45) is 0 Å². The minimum Gasteiger partial charge on any atom is -1.00 e. The molecule has 2 aromatic heterocycles. The van der Waals surface area contributed by atoms with E-state index in [1.807, 2.05) is 67.6 Å². The van der Waals surface area contributed by atoms with Gasteiger partial charge in [-0.05, 0) is 73.6 Å². The predicted octanol–water partition coefficient (Wildman–Crippen LogP) is 3.22. The van der Waals surface area contributed by atoms with Gasteiger partial charge >= 0.3 is 35.3 Å². The summed E-state index contributed by atoms with van der Waals surface area (Å²) in [5.74, 6) is 0.501. The predicted molar refractivity (Wildman–Crippen MR) is 155 cm³/mol. The van der Waals surface area contributed by atoms with E-state index >= 15 is 0 Å². The summed E-state index contributed by atoms with van der Waals surface area (Å²) >= 11 is 0. The summed E-state index contributed by atoms with van der Waals surface area (Å²) in [5, 5.41) is 3.85. The number of aromatic amines is 1. The third kappa shape index (κ3) is 6.12.